The number of benzene rings is 1. The summed E-state index contributed by atoms with van der Waals surface area (Å²) in [7, 11) is 0. The minimum absolute atomic E-state index is 0.0405. The summed E-state index contributed by atoms with van der Waals surface area (Å²) in [6, 6.07) is 9.42. The van der Waals surface area contributed by atoms with Gasteiger partial charge in [0.2, 0.25) is 0 Å². The van der Waals surface area contributed by atoms with Crippen LogP contribution in [0.3, 0.4) is 0 Å². The SMILES string of the molecule is Cc1ccc(C2(C3=CC=CCC3)C3=C(C=CC(C)C3)C3=C2CC(C)C=C3)cc1. The quantitative estimate of drug-likeness (QED) is 0.515. The van der Waals surface area contributed by atoms with Gasteiger partial charge in [0.1, 0.15) is 0 Å². The summed E-state index contributed by atoms with van der Waals surface area (Å²) in [5.41, 5.74) is 10.7. The molecule has 0 amide bonds. The molecular formula is C28H30. The summed E-state index contributed by atoms with van der Waals surface area (Å²) in [4.78, 5) is 0. The zero-order chi connectivity index (χ0) is 19.3. The molecule has 0 bridgehead atoms. The van der Waals surface area contributed by atoms with Crippen LogP contribution < -0.4 is 0 Å². The van der Waals surface area contributed by atoms with E-state index >= 15 is 0 Å². The van der Waals surface area contributed by atoms with Gasteiger partial charge >= 0.3 is 0 Å². The molecule has 2 unspecified atom stereocenters. The van der Waals surface area contributed by atoms with Gasteiger partial charge in [-0.25, -0.2) is 0 Å². The summed E-state index contributed by atoms with van der Waals surface area (Å²) in [5, 5.41) is 0. The molecule has 0 saturated heterocycles. The van der Waals surface area contributed by atoms with E-state index < -0.39 is 0 Å². The van der Waals surface area contributed by atoms with Crippen molar-refractivity contribution in [3.05, 3.63) is 106 Å². The second kappa shape index (κ2) is 6.62. The third-order valence-electron chi connectivity index (χ3n) is 7.06. The van der Waals surface area contributed by atoms with E-state index in [0.29, 0.717) is 11.8 Å². The van der Waals surface area contributed by atoms with Gasteiger partial charge in [-0.2, -0.15) is 0 Å². The molecule has 142 valence electrons. The Kier molecular flexibility index (Phi) is 4.19. The Morgan fingerprint density at radius 3 is 2.00 bits per heavy atom. The number of fused-ring (bicyclic) bond motifs is 1. The second-order valence-electron chi connectivity index (χ2n) is 9.14. The fourth-order valence-corrected chi connectivity index (χ4v) is 5.76. The number of hydrogen-bond donors (Lipinski definition) is 0. The maximum Gasteiger partial charge on any atom is 0.0602 e. The molecule has 0 N–H and O–H groups in total. The van der Waals surface area contributed by atoms with Crippen LogP contribution in [-0.4, -0.2) is 0 Å². The van der Waals surface area contributed by atoms with Gasteiger partial charge in [-0.05, 0) is 72.3 Å². The Balaban J connectivity index is 1.84. The average molecular weight is 367 g/mol. The molecule has 0 saturated carbocycles. The fourth-order valence-electron chi connectivity index (χ4n) is 5.76. The molecule has 0 heteroatoms. The first-order valence-corrected chi connectivity index (χ1v) is 10.9. The molecule has 5 rings (SSSR count). The molecule has 0 aromatic heterocycles. The highest BCUT2D eigenvalue weighted by Crippen LogP contribution is 2.60. The first kappa shape index (κ1) is 17.7. The standard InChI is InChI=1S/C28H30/c1-19-9-13-23(14-10-19)28(22-7-5-4-6-8-22)26-17-20(2)11-15-24(26)25-16-12-21(3)18-27(25)28/h4-5,7,9-16,20-21H,6,8,17-18H2,1-3H3. The van der Waals surface area contributed by atoms with Crippen molar-refractivity contribution in [2.24, 2.45) is 11.8 Å². The number of rotatable bonds is 2. The van der Waals surface area contributed by atoms with Crippen molar-refractivity contribution in [1.82, 2.24) is 0 Å². The van der Waals surface area contributed by atoms with Crippen LogP contribution in [0.2, 0.25) is 0 Å². The molecule has 2 atom stereocenters. The van der Waals surface area contributed by atoms with Gasteiger partial charge in [0.25, 0.3) is 0 Å². The van der Waals surface area contributed by atoms with E-state index in [1.807, 2.05) is 0 Å². The molecule has 1 aromatic carbocycles. The lowest BCUT2D eigenvalue weighted by Crippen LogP contribution is -2.34. The molecule has 0 fully saturated rings. The Labute approximate surface area is 169 Å². The van der Waals surface area contributed by atoms with Crippen molar-refractivity contribution >= 4 is 0 Å². The van der Waals surface area contributed by atoms with Crippen LogP contribution in [0.5, 0.6) is 0 Å². The average Bonchev–Trinajstić information content (AvgIpc) is 2.99. The molecule has 0 nitrogen and oxygen atoms in total. The van der Waals surface area contributed by atoms with E-state index in [9.17, 15) is 0 Å². The number of hydrogen-bond acceptors (Lipinski definition) is 0. The van der Waals surface area contributed by atoms with E-state index in [-0.39, 0.29) is 5.41 Å². The van der Waals surface area contributed by atoms with Gasteiger partial charge in [0, 0.05) is 0 Å². The Bertz CT molecular complexity index is 943. The normalized spacial score (nSPS) is 31.2. The summed E-state index contributed by atoms with van der Waals surface area (Å²) in [5.74, 6) is 1.21. The molecule has 0 heterocycles. The Morgan fingerprint density at radius 2 is 1.46 bits per heavy atom. The topological polar surface area (TPSA) is 0 Å². The molecule has 1 aromatic rings. The van der Waals surface area contributed by atoms with E-state index in [1.54, 1.807) is 16.7 Å². The predicted octanol–water partition coefficient (Wildman–Crippen LogP) is 7.31. The molecule has 28 heavy (non-hydrogen) atoms. The molecule has 4 aliphatic rings. The van der Waals surface area contributed by atoms with Crippen molar-refractivity contribution in [3.8, 4) is 0 Å². The van der Waals surface area contributed by atoms with Crippen LogP contribution in [0.25, 0.3) is 0 Å². The maximum atomic E-state index is 2.43. The van der Waals surface area contributed by atoms with E-state index in [2.05, 4.69) is 87.6 Å². The Hall–Kier alpha value is -2.34. The monoisotopic (exact) mass is 366 g/mol. The minimum Gasteiger partial charge on any atom is -0.0842 e. The predicted molar refractivity (Wildman–Crippen MR) is 119 cm³/mol. The first-order chi connectivity index (χ1) is 13.6. The first-order valence-electron chi connectivity index (χ1n) is 10.9. The molecular weight excluding hydrogens is 336 g/mol. The molecule has 0 spiro atoms. The van der Waals surface area contributed by atoms with Gasteiger partial charge in [-0.15, -0.1) is 0 Å². The summed E-state index contributed by atoms with van der Waals surface area (Å²) in [6.45, 7) is 6.93. The third-order valence-corrected chi connectivity index (χ3v) is 7.06. The maximum absolute atomic E-state index is 2.43. The van der Waals surface area contributed by atoms with Crippen molar-refractivity contribution in [3.63, 3.8) is 0 Å². The summed E-state index contributed by atoms with van der Waals surface area (Å²) >= 11 is 0. The highest BCUT2D eigenvalue weighted by Gasteiger charge is 2.50. The van der Waals surface area contributed by atoms with Gasteiger partial charge < -0.3 is 0 Å². The van der Waals surface area contributed by atoms with E-state index in [4.69, 9.17) is 0 Å². The summed E-state index contributed by atoms with van der Waals surface area (Å²) < 4.78 is 0. The third kappa shape index (κ3) is 2.50. The van der Waals surface area contributed by atoms with Gasteiger partial charge in [-0.3, -0.25) is 0 Å². The molecule has 0 aliphatic heterocycles. The van der Waals surface area contributed by atoms with Crippen LogP contribution in [0.4, 0.5) is 0 Å². The van der Waals surface area contributed by atoms with Gasteiger partial charge in [0.15, 0.2) is 0 Å². The van der Waals surface area contributed by atoms with Gasteiger partial charge in [0.05, 0.1) is 5.41 Å². The van der Waals surface area contributed by atoms with Crippen LogP contribution in [0.1, 0.15) is 50.7 Å². The largest absolute Gasteiger partial charge is 0.0842 e. The second-order valence-corrected chi connectivity index (χ2v) is 9.14. The van der Waals surface area contributed by atoms with Crippen LogP contribution in [0.15, 0.2) is 94.7 Å². The van der Waals surface area contributed by atoms with E-state index in [0.717, 1.165) is 25.7 Å². The van der Waals surface area contributed by atoms with Crippen molar-refractivity contribution in [2.45, 2.75) is 51.9 Å². The van der Waals surface area contributed by atoms with Crippen LogP contribution >= 0.6 is 0 Å². The lowest BCUT2D eigenvalue weighted by molar-refractivity contribution is 0.544. The minimum atomic E-state index is -0.0405. The molecule has 0 radical (unpaired) electrons. The smallest absolute Gasteiger partial charge is 0.0602 e. The van der Waals surface area contributed by atoms with Crippen molar-refractivity contribution in [1.29, 1.82) is 0 Å². The zero-order valence-corrected chi connectivity index (χ0v) is 17.3. The van der Waals surface area contributed by atoms with Crippen LogP contribution in [0, 0.1) is 18.8 Å². The summed E-state index contributed by atoms with van der Waals surface area (Å²) in [6.07, 6.45) is 21.3. The fraction of sp³-hybridized carbons (Fsp3) is 0.357. The van der Waals surface area contributed by atoms with E-state index in [1.165, 1.54) is 22.3 Å². The van der Waals surface area contributed by atoms with Crippen molar-refractivity contribution in [2.75, 3.05) is 0 Å². The lowest BCUT2D eigenvalue weighted by Gasteiger charge is -2.42. The van der Waals surface area contributed by atoms with Gasteiger partial charge in [-0.1, -0.05) is 91.8 Å². The highest BCUT2D eigenvalue weighted by atomic mass is 14.5. The lowest BCUT2D eigenvalue weighted by atomic mass is 9.60. The van der Waals surface area contributed by atoms with Crippen molar-refractivity contribution < 1.29 is 0 Å². The number of aryl methyl sites for hydroxylation is 1. The zero-order valence-electron chi connectivity index (χ0n) is 17.3. The van der Waals surface area contributed by atoms with Crippen LogP contribution in [-0.2, 0) is 5.41 Å². The Morgan fingerprint density at radius 1 is 0.857 bits per heavy atom. The molecule has 4 aliphatic carbocycles. The highest BCUT2D eigenvalue weighted by molar-refractivity contribution is 5.73. The number of allylic oxidation sites excluding steroid dienone is 12.